The number of methoxy groups -OCH3 is 1. The van der Waals surface area contributed by atoms with E-state index in [0.29, 0.717) is 6.61 Å². The molecule has 0 saturated carbocycles. The lowest BCUT2D eigenvalue weighted by Gasteiger charge is -2.13. The molecule has 132 valence electrons. The Balaban J connectivity index is 1.69. The SMILES string of the molecule is COCCc1cc(NCc2c3ccccc3cc3ccccc23)n(C)n1. The molecule has 0 aliphatic rings. The van der Waals surface area contributed by atoms with Crippen molar-refractivity contribution in [2.45, 2.75) is 13.0 Å². The molecule has 0 radical (unpaired) electrons. The summed E-state index contributed by atoms with van der Waals surface area (Å²) in [5.41, 5.74) is 2.36. The molecule has 4 nitrogen and oxygen atoms in total. The van der Waals surface area contributed by atoms with Gasteiger partial charge in [0, 0.05) is 33.2 Å². The van der Waals surface area contributed by atoms with Crippen LogP contribution in [-0.2, 0) is 24.8 Å². The van der Waals surface area contributed by atoms with E-state index in [9.17, 15) is 0 Å². The van der Waals surface area contributed by atoms with Crippen molar-refractivity contribution in [1.29, 1.82) is 0 Å². The van der Waals surface area contributed by atoms with Crippen LogP contribution in [0, 0.1) is 0 Å². The van der Waals surface area contributed by atoms with Gasteiger partial charge >= 0.3 is 0 Å². The third-order valence-electron chi connectivity index (χ3n) is 4.82. The van der Waals surface area contributed by atoms with Crippen molar-refractivity contribution in [3.63, 3.8) is 0 Å². The van der Waals surface area contributed by atoms with Gasteiger partial charge in [-0.05, 0) is 33.2 Å². The zero-order chi connectivity index (χ0) is 17.9. The first-order valence-corrected chi connectivity index (χ1v) is 8.91. The second-order valence-corrected chi connectivity index (χ2v) is 6.54. The van der Waals surface area contributed by atoms with E-state index in [4.69, 9.17) is 4.74 Å². The van der Waals surface area contributed by atoms with E-state index in [-0.39, 0.29) is 0 Å². The minimum Gasteiger partial charge on any atom is -0.384 e. The van der Waals surface area contributed by atoms with E-state index >= 15 is 0 Å². The monoisotopic (exact) mass is 345 g/mol. The molecule has 0 bridgehead atoms. The number of rotatable bonds is 6. The van der Waals surface area contributed by atoms with Crippen LogP contribution >= 0.6 is 0 Å². The highest BCUT2D eigenvalue weighted by Crippen LogP contribution is 2.29. The number of hydrogen-bond donors (Lipinski definition) is 1. The van der Waals surface area contributed by atoms with Crippen LogP contribution in [0.3, 0.4) is 0 Å². The van der Waals surface area contributed by atoms with Crippen LogP contribution in [0.5, 0.6) is 0 Å². The minimum absolute atomic E-state index is 0.685. The maximum absolute atomic E-state index is 5.15. The molecule has 1 N–H and O–H groups in total. The van der Waals surface area contributed by atoms with Gasteiger partial charge in [0.15, 0.2) is 0 Å². The molecular weight excluding hydrogens is 322 g/mol. The van der Waals surface area contributed by atoms with Crippen molar-refractivity contribution in [2.24, 2.45) is 7.05 Å². The topological polar surface area (TPSA) is 39.1 Å². The van der Waals surface area contributed by atoms with Crippen molar-refractivity contribution in [1.82, 2.24) is 9.78 Å². The standard InChI is InChI=1S/C22H23N3O/c1-25-22(14-18(24-25)11-12-26-2)23-15-21-19-9-5-3-7-16(19)13-17-8-4-6-10-20(17)21/h3-10,13-14,23H,11-12,15H2,1-2H3. The predicted molar refractivity (Wildman–Crippen MR) is 108 cm³/mol. The Kier molecular flexibility index (Phi) is 4.59. The molecule has 0 unspecified atom stereocenters. The van der Waals surface area contributed by atoms with Gasteiger partial charge in [-0.25, -0.2) is 0 Å². The van der Waals surface area contributed by atoms with Gasteiger partial charge in [-0.15, -0.1) is 0 Å². The molecule has 1 heterocycles. The molecule has 0 aliphatic heterocycles. The van der Waals surface area contributed by atoms with Crippen molar-refractivity contribution in [3.8, 4) is 0 Å². The van der Waals surface area contributed by atoms with Crippen LogP contribution < -0.4 is 5.32 Å². The predicted octanol–water partition coefficient (Wildman–Crippen LogP) is 4.53. The lowest BCUT2D eigenvalue weighted by molar-refractivity contribution is 0.201. The van der Waals surface area contributed by atoms with E-state index in [1.165, 1.54) is 27.1 Å². The first kappa shape index (κ1) is 16.6. The average Bonchev–Trinajstić information content (AvgIpc) is 3.03. The number of hydrogen-bond acceptors (Lipinski definition) is 3. The molecule has 3 aromatic carbocycles. The van der Waals surface area contributed by atoms with Gasteiger partial charge in [0.1, 0.15) is 5.82 Å². The zero-order valence-electron chi connectivity index (χ0n) is 15.2. The first-order chi connectivity index (χ1) is 12.8. The molecule has 26 heavy (non-hydrogen) atoms. The minimum atomic E-state index is 0.685. The maximum atomic E-state index is 5.15. The largest absolute Gasteiger partial charge is 0.384 e. The van der Waals surface area contributed by atoms with Gasteiger partial charge in [0.2, 0.25) is 0 Å². The van der Waals surface area contributed by atoms with Crippen molar-refractivity contribution in [2.75, 3.05) is 19.0 Å². The molecular formula is C22H23N3O. The van der Waals surface area contributed by atoms with Crippen LogP contribution in [-0.4, -0.2) is 23.5 Å². The Morgan fingerprint density at radius 3 is 2.27 bits per heavy atom. The number of aromatic nitrogens is 2. The summed E-state index contributed by atoms with van der Waals surface area (Å²) < 4.78 is 7.05. The van der Waals surface area contributed by atoms with Gasteiger partial charge in [0.05, 0.1) is 12.3 Å². The second kappa shape index (κ2) is 7.18. The van der Waals surface area contributed by atoms with E-state index < -0.39 is 0 Å². The third-order valence-corrected chi connectivity index (χ3v) is 4.82. The van der Waals surface area contributed by atoms with Crippen LogP contribution in [0.2, 0.25) is 0 Å². The van der Waals surface area contributed by atoms with Crippen LogP contribution in [0.1, 0.15) is 11.3 Å². The lowest BCUT2D eigenvalue weighted by Crippen LogP contribution is -2.05. The fraction of sp³-hybridized carbons (Fsp3) is 0.227. The summed E-state index contributed by atoms with van der Waals surface area (Å²) in [6.07, 6.45) is 0.823. The number of anilines is 1. The summed E-state index contributed by atoms with van der Waals surface area (Å²) in [4.78, 5) is 0. The normalized spacial score (nSPS) is 11.3. The maximum Gasteiger partial charge on any atom is 0.124 e. The summed E-state index contributed by atoms with van der Waals surface area (Å²) in [6, 6.07) is 21.5. The number of ether oxygens (including phenoxy) is 1. The van der Waals surface area contributed by atoms with Gasteiger partial charge in [0.25, 0.3) is 0 Å². The van der Waals surface area contributed by atoms with Crippen LogP contribution in [0.15, 0.2) is 60.7 Å². The molecule has 0 spiro atoms. The lowest BCUT2D eigenvalue weighted by atomic mass is 9.97. The zero-order valence-corrected chi connectivity index (χ0v) is 15.2. The van der Waals surface area contributed by atoms with E-state index in [1.807, 2.05) is 11.7 Å². The van der Waals surface area contributed by atoms with Crippen molar-refractivity contribution >= 4 is 27.4 Å². The fourth-order valence-electron chi connectivity index (χ4n) is 3.50. The van der Waals surface area contributed by atoms with Crippen LogP contribution in [0.25, 0.3) is 21.5 Å². The number of nitrogens with zero attached hydrogens (tertiary/aromatic N) is 2. The molecule has 4 heteroatoms. The van der Waals surface area contributed by atoms with E-state index in [0.717, 1.165) is 24.5 Å². The van der Waals surface area contributed by atoms with Gasteiger partial charge in [-0.3, -0.25) is 4.68 Å². The Morgan fingerprint density at radius 1 is 0.962 bits per heavy atom. The van der Waals surface area contributed by atoms with Gasteiger partial charge < -0.3 is 10.1 Å². The van der Waals surface area contributed by atoms with Gasteiger partial charge in [-0.2, -0.15) is 5.10 Å². The quantitative estimate of drug-likeness (QED) is 0.522. The Hall–Kier alpha value is -2.85. The molecule has 4 aromatic rings. The molecule has 0 aliphatic carbocycles. The number of benzene rings is 3. The third kappa shape index (κ3) is 3.16. The Morgan fingerprint density at radius 2 is 1.62 bits per heavy atom. The number of aryl methyl sites for hydroxylation is 1. The van der Waals surface area contributed by atoms with E-state index in [2.05, 4.69) is 71.1 Å². The highest BCUT2D eigenvalue weighted by Gasteiger charge is 2.09. The summed E-state index contributed by atoms with van der Waals surface area (Å²) in [5, 5.41) is 13.3. The smallest absolute Gasteiger partial charge is 0.124 e. The van der Waals surface area contributed by atoms with Gasteiger partial charge in [-0.1, -0.05) is 48.5 Å². The highest BCUT2D eigenvalue weighted by atomic mass is 16.5. The number of nitrogens with one attached hydrogen (secondary N) is 1. The molecule has 0 atom stereocenters. The highest BCUT2D eigenvalue weighted by molar-refractivity contribution is 6.02. The van der Waals surface area contributed by atoms with E-state index in [1.54, 1.807) is 7.11 Å². The number of fused-ring (bicyclic) bond motifs is 2. The Bertz CT molecular complexity index is 998. The molecule has 4 rings (SSSR count). The second-order valence-electron chi connectivity index (χ2n) is 6.54. The summed E-state index contributed by atoms with van der Waals surface area (Å²) in [5.74, 6) is 1.02. The summed E-state index contributed by atoms with van der Waals surface area (Å²) in [6.45, 7) is 1.44. The summed E-state index contributed by atoms with van der Waals surface area (Å²) >= 11 is 0. The summed E-state index contributed by atoms with van der Waals surface area (Å²) in [7, 11) is 3.69. The molecule has 0 fully saturated rings. The molecule has 0 saturated heterocycles. The average molecular weight is 345 g/mol. The first-order valence-electron chi connectivity index (χ1n) is 8.91. The van der Waals surface area contributed by atoms with Crippen molar-refractivity contribution < 1.29 is 4.74 Å². The van der Waals surface area contributed by atoms with Crippen LogP contribution in [0.4, 0.5) is 5.82 Å². The molecule has 1 aromatic heterocycles. The fourth-order valence-corrected chi connectivity index (χ4v) is 3.50. The van der Waals surface area contributed by atoms with Crippen molar-refractivity contribution in [3.05, 3.63) is 71.9 Å². The molecule has 0 amide bonds. The Labute approximate surface area is 153 Å².